The van der Waals surface area contributed by atoms with E-state index >= 15 is 0 Å². The number of amides is 2. The maximum atomic E-state index is 11.6. The molecular formula is C22H24N4O3. The van der Waals surface area contributed by atoms with E-state index in [4.69, 9.17) is 9.15 Å². The van der Waals surface area contributed by atoms with Gasteiger partial charge in [-0.2, -0.15) is 0 Å². The fourth-order valence-electron chi connectivity index (χ4n) is 3.37. The fraction of sp³-hybridized carbons (Fsp3) is 0.273. The molecular weight excluding hydrogens is 368 g/mol. The standard InChI is InChI=1S/C22H24N4O3/c1-15(20-24-25-22(27)26(20)2)16-8-10-19(11-9-16)28-13-12-18-14-29-21(23-18)17-6-4-3-5-7-17/h3-11,14-15,20,24H,12-13H2,1-2H3,(H,25,27). The first-order valence-electron chi connectivity index (χ1n) is 9.63. The third-order valence-corrected chi connectivity index (χ3v) is 5.14. The number of oxazole rings is 1. The Balaban J connectivity index is 1.30. The van der Waals surface area contributed by atoms with Crippen LogP contribution < -0.4 is 15.6 Å². The van der Waals surface area contributed by atoms with Gasteiger partial charge in [0.2, 0.25) is 5.89 Å². The van der Waals surface area contributed by atoms with Gasteiger partial charge in [-0.15, -0.1) is 0 Å². The van der Waals surface area contributed by atoms with Crippen LogP contribution in [0.4, 0.5) is 4.79 Å². The zero-order valence-electron chi connectivity index (χ0n) is 16.5. The van der Waals surface area contributed by atoms with Crippen molar-refractivity contribution in [3.05, 3.63) is 72.1 Å². The second kappa shape index (κ2) is 8.36. The molecule has 2 unspecified atom stereocenters. The molecule has 2 aromatic carbocycles. The maximum Gasteiger partial charge on any atom is 0.332 e. The minimum Gasteiger partial charge on any atom is -0.493 e. The van der Waals surface area contributed by atoms with E-state index in [2.05, 4.69) is 22.8 Å². The van der Waals surface area contributed by atoms with Gasteiger partial charge >= 0.3 is 6.03 Å². The molecule has 7 nitrogen and oxygen atoms in total. The predicted octanol–water partition coefficient (Wildman–Crippen LogP) is 3.55. The summed E-state index contributed by atoms with van der Waals surface area (Å²) in [6.45, 7) is 2.60. The fourth-order valence-corrected chi connectivity index (χ4v) is 3.37. The van der Waals surface area contributed by atoms with E-state index < -0.39 is 0 Å². The zero-order chi connectivity index (χ0) is 20.2. The molecule has 2 heterocycles. The van der Waals surface area contributed by atoms with Gasteiger partial charge in [0.1, 0.15) is 18.2 Å². The normalized spacial score (nSPS) is 17.2. The van der Waals surface area contributed by atoms with Crippen molar-refractivity contribution < 1.29 is 13.9 Å². The number of carbonyl (C=O) groups excluding carboxylic acids is 1. The maximum absolute atomic E-state index is 11.6. The summed E-state index contributed by atoms with van der Waals surface area (Å²) in [7, 11) is 1.78. The molecule has 2 atom stereocenters. The number of rotatable bonds is 7. The van der Waals surface area contributed by atoms with Gasteiger partial charge in [0.05, 0.1) is 12.3 Å². The highest BCUT2D eigenvalue weighted by atomic mass is 16.5. The van der Waals surface area contributed by atoms with Crippen LogP contribution in [-0.2, 0) is 6.42 Å². The number of ether oxygens (including phenoxy) is 1. The predicted molar refractivity (Wildman–Crippen MR) is 109 cm³/mol. The molecule has 1 fully saturated rings. The first kappa shape index (κ1) is 19.0. The van der Waals surface area contributed by atoms with Crippen LogP contribution >= 0.6 is 0 Å². The highest BCUT2D eigenvalue weighted by molar-refractivity contribution is 5.75. The van der Waals surface area contributed by atoms with E-state index in [1.807, 2.05) is 54.6 Å². The topological polar surface area (TPSA) is 79.6 Å². The molecule has 2 N–H and O–H groups in total. The molecule has 0 saturated carbocycles. The minimum absolute atomic E-state index is 0.0831. The summed E-state index contributed by atoms with van der Waals surface area (Å²) < 4.78 is 11.4. The Kier molecular flexibility index (Phi) is 5.48. The van der Waals surface area contributed by atoms with Crippen LogP contribution in [-0.4, -0.2) is 35.7 Å². The summed E-state index contributed by atoms with van der Waals surface area (Å²) in [6.07, 6.45) is 2.26. The van der Waals surface area contributed by atoms with Crippen LogP contribution in [0.5, 0.6) is 5.75 Å². The van der Waals surface area contributed by atoms with E-state index in [0.717, 1.165) is 22.6 Å². The summed E-state index contributed by atoms with van der Waals surface area (Å²) >= 11 is 0. The molecule has 7 heteroatoms. The molecule has 1 aliphatic heterocycles. The molecule has 0 bridgehead atoms. The van der Waals surface area contributed by atoms with Gasteiger partial charge in [0.25, 0.3) is 0 Å². The Morgan fingerprint density at radius 3 is 2.62 bits per heavy atom. The number of benzene rings is 2. The first-order valence-corrected chi connectivity index (χ1v) is 9.63. The monoisotopic (exact) mass is 392 g/mol. The number of urea groups is 1. The smallest absolute Gasteiger partial charge is 0.332 e. The molecule has 0 radical (unpaired) electrons. The van der Waals surface area contributed by atoms with Crippen LogP contribution in [0.1, 0.15) is 24.1 Å². The van der Waals surface area contributed by atoms with Gasteiger partial charge in [0.15, 0.2) is 0 Å². The molecule has 2 amide bonds. The Morgan fingerprint density at radius 2 is 1.93 bits per heavy atom. The lowest BCUT2D eigenvalue weighted by molar-refractivity contribution is 0.209. The highest BCUT2D eigenvalue weighted by Gasteiger charge is 2.31. The van der Waals surface area contributed by atoms with Crippen molar-refractivity contribution >= 4 is 6.03 Å². The van der Waals surface area contributed by atoms with Gasteiger partial charge in [-0.25, -0.2) is 15.2 Å². The van der Waals surface area contributed by atoms with Gasteiger partial charge in [0, 0.05) is 24.9 Å². The average molecular weight is 392 g/mol. The molecule has 1 saturated heterocycles. The summed E-state index contributed by atoms with van der Waals surface area (Å²) in [5, 5.41) is 0. The van der Waals surface area contributed by atoms with E-state index in [1.165, 1.54) is 0 Å². The van der Waals surface area contributed by atoms with Crippen molar-refractivity contribution in [1.82, 2.24) is 20.7 Å². The third kappa shape index (κ3) is 4.25. The van der Waals surface area contributed by atoms with E-state index in [0.29, 0.717) is 18.9 Å². The molecule has 0 aliphatic carbocycles. The lowest BCUT2D eigenvalue weighted by atomic mass is 9.98. The summed E-state index contributed by atoms with van der Waals surface area (Å²) in [5.74, 6) is 1.56. The van der Waals surface area contributed by atoms with Gasteiger partial charge in [-0.1, -0.05) is 37.3 Å². The van der Waals surface area contributed by atoms with Crippen LogP contribution in [0.2, 0.25) is 0 Å². The SMILES string of the molecule is CC(c1ccc(OCCc2coc(-c3ccccc3)n2)cc1)C1NNC(=O)N1C. The number of likely N-dealkylation sites (N-methyl/N-ethyl adjacent to an activating group) is 1. The highest BCUT2D eigenvalue weighted by Crippen LogP contribution is 2.25. The number of aromatic nitrogens is 1. The van der Waals surface area contributed by atoms with Crippen molar-refractivity contribution in [3.8, 4) is 17.2 Å². The Labute approximate surface area is 169 Å². The summed E-state index contributed by atoms with van der Waals surface area (Å²) in [4.78, 5) is 17.8. The van der Waals surface area contributed by atoms with Crippen molar-refractivity contribution in [1.29, 1.82) is 0 Å². The van der Waals surface area contributed by atoms with E-state index in [1.54, 1.807) is 18.2 Å². The van der Waals surface area contributed by atoms with E-state index in [-0.39, 0.29) is 18.1 Å². The average Bonchev–Trinajstić information content (AvgIpc) is 3.36. The van der Waals surface area contributed by atoms with Crippen LogP contribution in [0.15, 0.2) is 65.3 Å². The second-order valence-electron chi connectivity index (χ2n) is 7.10. The molecule has 1 aliphatic rings. The van der Waals surface area contributed by atoms with Crippen LogP contribution in [0.25, 0.3) is 11.5 Å². The number of hydrazine groups is 1. The Bertz CT molecular complexity index is 956. The van der Waals surface area contributed by atoms with Crippen molar-refractivity contribution in [2.45, 2.75) is 25.4 Å². The molecule has 3 aromatic rings. The minimum atomic E-state index is -0.120. The van der Waals surface area contributed by atoms with E-state index in [9.17, 15) is 4.79 Å². The van der Waals surface area contributed by atoms with Crippen molar-refractivity contribution in [2.75, 3.05) is 13.7 Å². The molecule has 29 heavy (non-hydrogen) atoms. The number of nitrogens with zero attached hydrogens (tertiary/aromatic N) is 2. The number of carbonyl (C=O) groups is 1. The lowest BCUT2D eigenvalue weighted by Gasteiger charge is -2.24. The van der Waals surface area contributed by atoms with Gasteiger partial charge in [-0.05, 0) is 29.8 Å². The number of hydrogen-bond donors (Lipinski definition) is 2. The molecule has 4 rings (SSSR count). The molecule has 0 spiro atoms. The molecule has 150 valence electrons. The van der Waals surface area contributed by atoms with Gasteiger partial charge in [-0.3, -0.25) is 5.43 Å². The number of hydrogen-bond acceptors (Lipinski definition) is 5. The quantitative estimate of drug-likeness (QED) is 0.643. The third-order valence-electron chi connectivity index (χ3n) is 5.14. The molecule has 1 aromatic heterocycles. The van der Waals surface area contributed by atoms with Crippen LogP contribution in [0, 0.1) is 0 Å². The lowest BCUT2D eigenvalue weighted by Crippen LogP contribution is -2.39. The summed E-state index contributed by atoms with van der Waals surface area (Å²) in [6, 6.07) is 17.7. The second-order valence-corrected chi connectivity index (χ2v) is 7.10. The van der Waals surface area contributed by atoms with Crippen molar-refractivity contribution in [3.63, 3.8) is 0 Å². The first-order chi connectivity index (χ1) is 14.1. The Hall–Kier alpha value is -3.32. The zero-order valence-corrected chi connectivity index (χ0v) is 16.5. The van der Waals surface area contributed by atoms with Crippen molar-refractivity contribution in [2.24, 2.45) is 0 Å². The number of nitrogens with one attached hydrogen (secondary N) is 2. The summed E-state index contributed by atoms with van der Waals surface area (Å²) in [5.41, 5.74) is 8.60. The van der Waals surface area contributed by atoms with Crippen LogP contribution in [0.3, 0.4) is 0 Å². The largest absolute Gasteiger partial charge is 0.493 e. The Morgan fingerprint density at radius 1 is 1.17 bits per heavy atom. The van der Waals surface area contributed by atoms with Gasteiger partial charge < -0.3 is 14.1 Å².